The van der Waals surface area contributed by atoms with Gasteiger partial charge in [-0.05, 0) is 18.2 Å². The van der Waals surface area contributed by atoms with Gasteiger partial charge in [-0.15, -0.1) is 0 Å². The second kappa shape index (κ2) is 5.68. The van der Waals surface area contributed by atoms with Gasteiger partial charge in [-0.2, -0.15) is 5.10 Å². The van der Waals surface area contributed by atoms with Gasteiger partial charge in [0.1, 0.15) is 0 Å². The average molecular weight is 264 g/mol. The fourth-order valence-electron chi connectivity index (χ4n) is 1.69. The van der Waals surface area contributed by atoms with Gasteiger partial charge in [-0.25, -0.2) is 4.79 Å². The molecule has 1 atom stereocenters. The second-order valence-corrected chi connectivity index (χ2v) is 4.21. The van der Waals surface area contributed by atoms with E-state index in [1.165, 1.54) is 0 Å². The number of hydrogen-bond acceptors (Lipinski definition) is 4. The SMILES string of the molecule is Cn1ncc2cc(NC(=O)NC[C@H](O)CO)ccc21. The topological polar surface area (TPSA) is 99.4 Å². The lowest BCUT2D eigenvalue weighted by Crippen LogP contribution is -2.36. The molecule has 0 aliphatic carbocycles. The van der Waals surface area contributed by atoms with Crippen molar-refractivity contribution in [2.45, 2.75) is 6.10 Å². The summed E-state index contributed by atoms with van der Waals surface area (Å²) in [4.78, 5) is 11.5. The van der Waals surface area contributed by atoms with Crippen molar-refractivity contribution in [3.05, 3.63) is 24.4 Å². The second-order valence-electron chi connectivity index (χ2n) is 4.21. The van der Waals surface area contributed by atoms with Crippen molar-refractivity contribution in [1.29, 1.82) is 0 Å². The number of rotatable bonds is 4. The largest absolute Gasteiger partial charge is 0.394 e. The van der Waals surface area contributed by atoms with E-state index in [4.69, 9.17) is 10.2 Å². The zero-order chi connectivity index (χ0) is 13.8. The zero-order valence-corrected chi connectivity index (χ0v) is 10.5. The van der Waals surface area contributed by atoms with Crippen LogP contribution in [-0.2, 0) is 7.05 Å². The van der Waals surface area contributed by atoms with Crippen LogP contribution in [0.25, 0.3) is 10.9 Å². The molecular formula is C12H16N4O3. The Kier molecular flexibility index (Phi) is 3.98. The Labute approximate surface area is 109 Å². The fraction of sp³-hybridized carbons (Fsp3) is 0.333. The van der Waals surface area contributed by atoms with E-state index in [2.05, 4.69) is 15.7 Å². The monoisotopic (exact) mass is 264 g/mol. The lowest BCUT2D eigenvalue weighted by Gasteiger charge is -2.10. The van der Waals surface area contributed by atoms with Crippen LogP contribution in [0.3, 0.4) is 0 Å². The molecular weight excluding hydrogens is 248 g/mol. The highest BCUT2D eigenvalue weighted by molar-refractivity contribution is 5.92. The number of amides is 2. The van der Waals surface area contributed by atoms with Crippen LogP contribution in [0.2, 0.25) is 0 Å². The van der Waals surface area contributed by atoms with Crippen LogP contribution in [0.5, 0.6) is 0 Å². The maximum Gasteiger partial charge on any atom is 0.319 e. The summed E-state index contributed by atoms with van der Waals surface area (Å²) >= 11 is 0. The van der Waals surface area contributed by atoms with Gasteiger partial charge in [-0.3, -0.25) is 4.68 Å². The predicted octanol–water partition coefficient (Wildman–Crippen LogP) is 0.0480. The number of nitrogens with one attached hydrogen (secondary N) is 2. The Bertz CT molecular complexity index is 581. The van der Waals surface area contributed by atoms with Crippen LogP contribution < -0.4 is 10.6 Å². The van der Waals surface area contributed by atoms with Crippen molar-refractivity contribution in [3.63, 3.8) is 0 Å². The molecule has 0 saturated carbocycles. The number of carbonyl (C=O) groups excluding carboxylic acids is 1. The van der Waals surface area contributed by atoms with Crippen LogP contribution in [0, 0.1) is 0 Å². The van der Waals surface area contributed by atoms with Gasteiger partial charge < -0.3 is 20.8 Å². The molecule has 1 heterocycles. The summed E-state index contributed by atoms with van der Waals surface area (Å²) in [7, 11) is 1.85. The number of benzene rings is 1. The Balaban J connectivity index is 1.99. The summed E-state index contributed by atoms with van der Waals surface area (Å²) in [6.45, 7) is -0.389. The molecule has 0 spiro atoms. The molecule has 2 amide bonds. The van der Waals surface area contributed by atoms with Gasteiger partial charge in [0, 0.05) is 24.7 Å². The fourth-order valence-corrected chi connectivity index (χ4v) is 1.69. The van der Waals surface area contributed by atoms with Crippen LogP contribution in [0.1, 0.15) is 0 Å². The van der Waals surface area contributed by atoms with Gasteiger partial charge in [0.25, 0.3) is 0 Å². The van der Waals surface area contributed by atoms with Gasteiger partial charge >= 0.3 is 6.03 Å². The summed E-state index contributed by atoms with van der Waals surface area (Å²) in [5, 5.41) is 27.9. The van der Waals surface area contributed by atoms with Gasteiger partial charge in [0.15, 0.2) is 0 Å². The number of fused-ring (bicyclic) bond motifs is 1. The molecule has 0 unspecified atom stereocenters. The predicted molar refractivity (Wildman–Crippen MR) is 70.8 cm³/mol. The number of nitrogens with zero attached hydrogens (tertiary/aromatic N) is 2. The zero-order valence-electron chi connectivity index (χ0n) is 10.5. The first-order valence-electron chi connectivity index (χ1n) is 5.85. The highest BCUT2D eigenvalue weighted by atomic mass is 16.3. The Morgan fingerprint density at radius 3 is 3.05 bits per heavy atom. The number of aliphatic hydroxyl groups excluding tert-OH is 2. The van der Waals surface area contributed by atoms with E-state index >= 15 is 0 Å². The number of carbonyl (C=O) groups is 1. The van der Waals surface area contributed by atoms with E-state index in [0.717, 1.165) is 10.9 Å². The third-order valence-electron chi connectivity index (χ3n) is 2.71. The van der Waals surface area contributed by atoms with Crippen molar-refractivity contribution in [3.8, 4) is 0 Å². The van der Waals surface area contributed by atoms with Crippen LogP contribution >= 0.6 is 0 Å². The number of aryl methyl sites for hydroxylation is 1. The van der Waals surface area contributed by atoms with Crippen LogP contribution in [-0.4, -0.2) is 45.3 Å². The number of aliphatic hydroxyl groups is 2. The third-order valence-corrected chi connectivity index (χ3v) is 2.71. The van der Waals surface area contributed by atoms with Crippen molar-refractivity contribution >= 4 is 22.6 Å². The Morgan fingerprint density at radius 1 is 1.53 bits per heavy atom. The minimum Gasteiger partial charge on any atom is -0.394 e. The van der Waals surface area contributed by atoms with Crippen LogP contribution in [0.4, 0.5) is 10.5 Å². The summed E-state index contributed by atoms with van der Waals surface area (Å²) in [6.07, 6.45) is 0.764. The van der Waals surface area contributed by atoms with Crippen molar-refractivity contribution in [2.75, 3.05) is 18.5 Å². The Morgan fingerprint density at radius 2 is 2.32 bits per heavy atom. The first-order valence-corrected chi connectivity index (χ1v) is 5.85. The molecule has 19 heavy (non-hydrogen) atoms. The molecule has 7 heteroatoms. The third kappa shape index (κ3) is 3.21. The Hall–Kier alpha value is -2.12. The number of aromatic nitrogens is 2. The van der Waals surface area contributed by atoms with Crippen molar-refractivity contribution in [1.82, 2.24) is 15.1 Å². The van der Waals surface area contributed by atoms with E-state index in [0.29, 0.717) is 5.69 Å². The average Bonchev–Trinajstić information content (AvgIpc) is 2.77. The smallest absolute Gasteiger partial charge is 0.319 e. The van der Waals surface area contributed by atoms with E-state index in [9.17, 15) is 4.79 Å². The highest BCUT2D eigenvalue weighted by Crippen LogP contribution is 2.18. The molecule has 2 rings (SSSR count). The first kappa shape index (κ1) is 13.3. The molecule has 0 fully saturated rings. The lowest BCUT2D eigenvalue weighted by molar-refractivity contribution is 0.0965. The number of hydrogen-bond donors (Lipinski definition) is 4. The molecule has 0 aliphatic rings. The van der Waals surface area contributed by atoms with E-state index in [1.807, 2.05) is 19.2 Å². The maximum atomic E-state index is 11.5. The molecule has 0 bridgehead atoms. The molecule has 7 nitrogen and oxygen atoms in total. The first-order chi connectivity index (χ1) is 9.10. The van der Waals surface area contributed by atoms with E-state index in [-0.39, 0.29) is 13.2 Å². The van der Waals surface area contributed by atoms with Crippen molar-refractivity contribution < 1.29 is 15.0 Å². The molecule has 1 aromatic heterocycles. The van der Waals surface area contributed by atoms with Gasteiger partial charge in [0.05, 0.1) is 24.4 Å². The van der Waals surface area contributed by atoms with Crippen LogP contribution in [0.15, 0.2) is 24.4 Å². The van der Waals surface area contributed by atoms with Gasteiger partial charge in [0.2, 0.25) is 0 Å². The van der Waals surface area contributed by atoms with E-state index < -0.39 is 12.1 Å². The summed E-state index contributed by atoms with van der Waals surface area (Å²) in [5.74, 6) is 0. The lowest BCUT2D eigenvalue weighted by atomic mass is 10.2. The maximum absolute atomic E-state index is 11.5. The molecule has 0 aliphatic heterocycles. The van der Waals surface area contributed by atoms with Gasteiger partial charge in [-0.1, -0.05) is 0 Å². The summed E-state index contributed by atoms with van der Waals surface area (Å²) < 4.78 is 1.75. The molecule has 2 aromatic rings. The van der Waals surface area contributed by atoms with E-state index in [1.54, 1.807) is 16.9 Å². The minimum atomic E-state index is -0.952. The molecule has 0 saturated heterocycles. The molecule has 102 valence electrons. The van der Waals surface area contributed by atoms with Crippen molar-refractivity contribution in [2.24, 2.45) is 7.05 Å². The summed E-state index contributed by atoms with van der Waals surface area (Å²) in [6, 6.07) is 5.01. The highest BCUT2D eigenvalue weighted by Gasteiger charge is 2.07. The molecule has 0 radical (unpaired) electrons. The quantitative estimate of drug-likeness (QED) is 0.627. The minimum absolute atomic E-state index is 0.00251. The summed E-state index contributed by atoms with van der Waals surface area (Å²) in [5.41, 5.74) is 1.61. The molecule has 1 aromatic carbocycles. The standard InChI is InChI=1S/C12H16N4O3/c1-16-11-3-2-9(4-8(11)5-14-16)15-12(19)13-6-10(18)7-17/h2-5,10,17-18H,6-7H2,1H3,(H2,13,15,19)/t10-/m0/s1. The number of anilines is 1. The number of urea groups is 1. The normalized spacial score (nSPS) is 12.4. The molecule has 4 N–H and O–H groups in total.